The van der Waals surface area contributed by atoms with E-state index in [9.17, 15) is 13.2 Å². The van der Waals surface area contributed by atoms with Crippen LogP contribution in [0.5, 0.6) is 0 Å². The number of aromatic nitrogens is 1. The van der Waals surface area contributed by atoms with Crippen molar-refractivity contribution in [2.75, 3.05) is 30.1 Å². The Kier molecular flexibility index (Phi) is 3.79. The highest BCUT2D eigenvalue weighted by Crippen LogP contribution is 2.22. The van der Waals surface area contributed by atoms with Crippen molar-refractivity contribution in [2.24, 2.45) is 0 Å². The Balaban J connectivity index is 2.08. The summed E-state index contributed by atoms with van der Waals surface area (Å²) in [6.07, 6.45) is 1.75. The molecular formula is C11H16N2O5S. The first-order valence-electron chi connectivity index (χ1n) is 5.99. The van der Waals surface area contributed by atoms with E-state index in [1.807, 2.05) is 0 Å². The molecule has 0 bridgehead atoms. The van der Waals surface area contributed by atoms with Crippen LogP contribution in [0.2, 0.25) is 0 Å². The number of hydrogen-bond acceptors (Lipinski definition) is 7. The first kappa shape index (κ1) is 13.9. The number of nitrogens with zero attached hydrogens (tertiary/aromatic N) is 2. The zero-order valence-electron chi connectivity index (χ0n) is 10.8. The van der Waals surface area contributed by atoms with Gasteiger partial charge in [-0.05, 0) is 13.3 Å². The van der Waals surface area contributed by atoms with E-state index in [1.54, 1.807) is 18.9 Å². The fraction of sp³-hybridized carbons (Fsp3) is 0.636. The minimum atomic E-state index is -2.97. The van der Waals surface area contributed by atoms with E-state index in [0.717, 1.165) is 0 Å². The Morgan fingerprint density at radius 3 is 2.95 bits per heavy atom. The second kappa shape index (κ2) is 5.20. The number of anilines is 1. The van der Waals surface area contributed by atoms with Crippen molar-refractivity contribution in [1.82, 2.24) is 4.98 Å². The lowest BCUT2D eigenvalue weighted by Gasteiger charge is -2.20. The summed E-state index contributed by atoms with van der Waals surface area (Å²) in [6.45, 7) is 1.96. The normalized spacial score (nSPS) is 21.3. The number of rotatable bonds is 4. The maximum Gasteiger partial charge on any atom is 0.360 e. The molecule has 0 amide bonds. The van der Waals surface area contributed by atoms with Crippen molar-refractivity contribution in [1.29, 1.82) is 0 Å². The second-order valence-corrected chi connectivity index (χ2v) is 6.63. The van der Waals surface area contributed by atoms with Crippen molar-refractivity contribution >= 4 is 21.8 Å². The Labute approximate surface area is 111 Å². The average Bonchev–Trinajstić information content (AvgIpc) is 2.95. The molecule has 7 nitrogen and oxygen atoms in total. The molecule has 106 valence electrons. The number of oxazole rings is 1. The molecule has 1 fully saturated rings. The number of hydrogen-bond donors (Lipinski definition) is 0. The largest absolute Gasteiger partial charge is 0.461 e. The molecule has 2 rings (SSSR count). The van der Waals surface area contributed by atoms with Gasteiger partial charge in [0, 0.05) is 13.1 Å². The van der Waals surface area contributed by atoms with Gasteiger partial charge in [-0.15, -0.1) is 0 Å². The Morgan fingerprint density at radius 2 is 2.37 bits per heavy atom. The van der Waals surface area contributed by atoms with Crippen molar-refractivity contribution in [3.8, 4) is 0 Å². The molecule has 0 aromatic carbocycles. The molecule has 0 saturated carbocycles. The smallest absolute Gasteiger partial charge is 0.360 e. The molecule has 0 aliphatic carbocycles. The van der Waals surface area contributed by atoms with Crippen LogP contribution in [0.25, 0.3) is 0 Å². The summed E-state index contributed by atoms with van der Waals surface area (Å²) in [7, 11) is -1.27. The molecule has 1 unspecified atom stereocenters. The zero-order valence-corrected chi connectivity index (χ0v) is 11.6. The molecule has 1 atom stereocenters. The number of sulfone groups is 1. The summed E-state index contributed by atoms with van der Waals surface area (Å²) in [5, 5.41) is 0. The molecule has 0 spiro atoms. The highest BCUT2D eigenvalue weighted by atomic mass is 32.2. The monoisotopic (exact) mass is 288 g/mol. The van der Waals surface area contributed by atoms with E-state index in [1.165, 1.54) is 6.26 Å². The summed E-state index contributed by atoms with van der Waals surface area (Å²) >= 11 is 0. The van der Waals surface area contributed by atoms with E-state index in [-0.39, 0.29) is 35.9 Å². The van der Waals surface area contributed by atoms with Crippen LogP contribution in [-0.4, -0.2) is 50.6 Å². The number of ether oxygens (including phenoxy) is 1. The van der Waals surface area contributed by atoms with Gasteiger partial charge in [0.25, 0.3) is 6.01 Å². The maximum absolute atomic E-state index is 11.4. The van der Waals surface area contributed by atoms with Crippen LogP contribution in [0.1, 0.15) is 23.8 Å². The van der Waals surface area contributed by atoms with Gasteiger partial charge < -0.3 is 14.1 Å². The fourth-order valence-corrected chi connectivity index (χ4v) is 3.74. The third-order valence-electron chi connectivity index (χ3n) is 3.03. The summed E-state index contributed by atoms with van der Waals surface area (Å²) in [5.74, 6) is -0.293. The maximum atomic E-state index is 11.4. The topological polar surface area (TPSA) is 89.7 Å². The van der Waals surface area contributed by atoms with Crippen LogP contribution < -0.4 is 4.90 Å². The first-order chi connectivity index (χ1) is 8.93. The summed E-state index contributed by atoms with van der Waals surface area (Å²) in [5.41, 5.74) is 0.0876. The summed E-state index contributed by atoms with van der Waals surface area (Å²) < 4.78 is 32.8. The molecule has 1 saturated heterocycles. The van der Waals surface area contributed by atoms with Crippen LogP contribution in [0.4, 0.5) is 6.01 Å². The minimum Gasteiger partial charge on any atom is -0.461 e. The van der Waals surface area contributed by atoms with E-state index in [0.29, 0.717) is 6.42 Å². The highest BCUT2D eigenvalue weighted by molar-refractivity contribution is 7.91. The van der Waals surface area contributed by atoms with Crippen LogP contribution in [0.15, 0.2) is 10.7 Å². The van der Waals surface area contributed by atoms with Gasteiger partial charge in [-0.1, -0.05) is 0 Å². The van der Waals surface area contributed by atoms with Crippen molar-refractivity contribution in [3.05, 3.63) is 12.0 Å². The molecule has 2 heterocycles. The molecule has 0 N–H and O–H groups in total. The SMILES string of the molecule is CCOC(=O)c1coc(N(C)C2CCS(=O)(=O)C2)n1. The van der Waals surface area contributed by atoms with Crippen LogP contribution in [0.3, 0.4) is 0 Å². The van der Waals surface area contributed by atoms with E-state index in [4.69, 9.17) is 9.15 Å². The summed E-state index contributed by atoms with van der Waals surface area (Å²) in [6, 6.07) is 0.0591. The molecule has 1 aliphatic rings. The van der Waals surface area contributed by atoms with Gasteiger partial charge in [0.05, 0.1) is 18.1 Å². The van der Waals surface area contributed by atoms with Gasteiger partial charge >= 0.3 is 5.97 Å². The summed E-state index contributed by atoms with van der Waals surface area (Å²) in [4.78, 5) is 17.1. The number of esters is 1. The fourth-order valence-electron chi connectivity index (χ4n) is 1.96. The molecule has 1 aromatic rings. The van der Waals surface area contributed by atoms with E-state index < -0.39 is 15.8 Å². The van der Waals surface area contributed by atoms with Gasteiger partial charge in [0.2, 0.25) is 0 Å². The predicted octanol–water partition coefficient (Wildman–Crippen LogP) is 0.475. The Morgan fingerprint density at radius 1 is 1.63 bits per heavy atom. The minimum absolute atomic E-state index is 0.0839. The van der Waals surface area contributed by atoms with E-state index >= 15 is 0 Å². The van der Waals surface area contributed by atoms with E-state index in [2.05, 4.69) is 4.98 Å². The highest BCUT2D eigenvalue weighted by Gasteiger charge is 2.32. The molecule has 1 aliphatic heterocycles. The lowest BCUT2D eigenvalue weighted by atomic mass is 10.2. The van der Waals surface area contributed by atoms with Gasteiger partial charge in [-0.3, -0.25) is 0 Å². The number of carbonyl (C=O) groups excluding carboxylic acids is 1. The van der Waals surface area contributed by atoms with Crippen molar-refractivity contribution < 1.29 is 22.4 Å². The van der Waals surface area contributed by atoms with Gasteiger partial charge in [-0.2, -0.15) is 4.98 Å². The predicted molar refractivity (Wildman–Crippen MR) is 67.9 cm³/mol. The third kappa shape index (κ3) is 3.06. The third-order valence-corrected chi connectivity index (χ3v) is 4.78. The van der Waals surface area contributed by atoms with Gasteiger partial charge in [0.15, 0.2) is 15.5 Å². The molecule has 19 heavy (non-hydrogen) atoms. The molecule has 1 aromatic heterocycles. The lowest BCUT2D eigenvalue weighted by Crippen LogP contribution is -2.32. The molecular weight excluding hydrogens is 272 g/mol. The number of carbonyl (C=O) groups is 1. The molecule has 8 heteroatoms. The van der Waals surface area contributed by atoms with Crippen LogP contribution in [-0.2, 0) is 14.6 Å². The Bertz CT molecular complexity index is 565. The first-order valence-corrected chi connectivity index (χ1v) is 7.81. The van der Waals surface area contributed by atoms with Gasteiger partial charge in [-0.25, -0.2) is 13.2 Å². The quantitative estimate of drug-likeness (QED) is 0.744. The second-order valence-electron chi connectivity index (χ2n) is 4.40. The Hall–Kier alpha value is -1.57. The van der Waals surface area contributed by atoms with Crippen LogP contribution in [0, 0.1) is 0 Å². The zero-order chi connectivity index (χ0) is 14.0. The van der Waals surface area contributed by atoms with Crippen molar-refractivity contribution in [3.63, 3.8) is 0 Å². The average molecular weight is 288 g/mol. The lowest BCUT2D eigenvalue weighted by molar-refractivity contribution is 0.0519. The van der Waals surface area contributed by atoms with Gasteiger partial charge in [0.1, 0.15) is 6.26 Å². The molecule has 0 radical (unpaired) electrons. The standard InChI is InChI=1S/C11H16N2O5S/c1-3-17-10(14)9-6-18-11(12-9)13(2)8-4-5-19(15,16)7-8/h6,8H,3-5,7H2,1-2H3. The van der Waals surface area contributed by atoms with Crippen molar-refractivity contribution in [2.45, 2.75) is 19.4 Å². The van der Waals surface area contributed by atoms with Crippen LogP contribution >= 0.6 is 0 Å².